The average molecular weight is 350 g/mol. The zero-order valence-corrected chi connectivity index (χ0v) is 15.8. The van der Waals surface area contributed by atoms with Gasteiger partial charge in [-0.1, -0.05) is 68.1 Å². The summed E-state index contributed by atoms with van der Waals surface area (Å²) < 4.78 is 6.14. The smallest absolute Gasteiger partial charge is 0.120 e. The zero-order chi connectivity index (χ0) is 17.7. The molecule has 1 aliphatic heterocycles. The Balaban J connectivity index is 1.55. The van der Waals surface area contributed by atoms with Crippen LogP contribution in [0.15, 0.2) is 54.6 Å². The van der Waals surface area contributed by atoms with Crippen molar-refractivity contribution in [1.82, 2.24) is 4.90 Å². The summed E-state index contributed by atoms with van der Waals surface area (Å²) in [6.45, 7) is 3.16. The second-order valence-electron chi connectivity index (χ2n) is 7.94. The Kier molecular flexibility index (Phi) is 5.59. The first-order chi connectivity index (χ1) is 12.9. The van der Waals surface area contributed by atoms with Gasteiger partial charge in [0.15, 0.2) is 0 Å². The quantitative estimate of drug-likeness (QED) is 0.665. The summed E-state index contributed by atoms with van der Waals surface area (Å²) in [4.78, 5) is 2.80. The van der Waals surface area contributed by atoms with Crippen LogP contribution in [-0.2, 0) is 12.1 Å². The van der Waals surface area contributed by atoms with E-state index >= 15 is 0 Å². The summed E-state index contributed by atoms with van der Waals surface area (Å²) in [7, 11) is 0. The molecule has 138 valence electrons. The molecule has 0 N–H and O–H groups in total. The summed E-state index contributed by atoms with van der Waals surface area (Å²) in [5.41, 5.74) is 2.94. The fraction of sp³-hybridized carbons (Fsp3) is 0.500. The molecule has 2 nitrogen and oxygen atoms in total. The lowest BCUT2D eigenvalue weighted by Crippen LogP contribution is -2.49. The van der Waals surface area contributed by atoms with Crippen LogP contribution in [0.4, 0.5) is 0 Å². The number of piperidine rings is 1. The maximum atomic E-state index is 6.14. The van der Waals surface area contributed by atoms with Crippen molar-refractivity contribution in [3.05, 3.63) is 65.7 Å². The van der Waals surface area contributed by atoms with E-state index in [-0.39, 0.29) is 5.54 Å². The zero-order valence-electron chi connectivity index (χ0n) is 15.8. The van der Waals surface area contributed by atoms with Gasteiger partial charge in [0.1, 0.15) is 12.4 Å². The summed E-state index contributed by atoms with van der Waals surface area (Å²) in [5.74, 6) is 1.01. The molecule has 26 heavy (non-hydrogen) atoms. The second kappa shape index (κ2) is 8.26. The van der Waals surface area contributed by atoms with E-state index in [9.17, 15) is 0 Å². The third-order valence-corrected chi connectivity index (χ3v) is 6.26. The van der Waals surface area contributed by atoms with Gasteiger partial charge in [0.05, 0.1) is 0 Å². The molecule has 0 amide bonds. The molecule has 2 fully saturated rings. The molecule has 2 aromatic carbocycles. The van der Waals surface area contributed by atoms with Crippen molar-refractivity contribution < 1.29 is 4.74 Å². The molecule has 2 heteroatoms. The van der Waals surface area contributed by atoms with Gasteiger partial charge in [0, 0.05) is 5.54 Å². The van der Waals surface area contributed by atoms with Crippen LogP contribution in [0.2, 0.25) is 0 Å². The van der Waals surface area contributed by atoms with Crippen molar-refractivity contribution in [1.29, 1.82) is 0 Å². The highest BCUT2D eigenvalue weighted by Crippen LogP contribution is 2.44. The monoisotopic (exact) mass is 349 g/mol. The maximum absolute atomic E-state index is 6.14. The molecule has 1 heterocycles. The lowest BCUT2D eigenvalue weighted by atomic mass is 9.74. The van der Waals surface area contributed by atoms with E-state index in [1.54, 1.807) is 0 Å². The molecule has 0 unspecified atom stereocenters. The number of rotatable bonds is 5. The van der Waals surface area contributed by atoms with Gasteiger partial charge in [0.2, 0.25) is 0 Å². The topological polar surface area (TPSA) is 12.5 Å². The minimum Gasteiger partial charge on any atom is -0.489 e. The Morgan fingerprint density at radius 3 is 2.27 bits per heavy atom. The number of nitrogens with zero attached hydrogens (tertiary/aromatic N) is 1. The van der Waals surface area contributed by atoms with Gasteiger partial charge in [-0.3, -0.25) is 4.90 Å². The fourth-order valence-electron chi connectivity index (χ4n) is 4.86. The highest BCUT2D eigenvalue weighted by atomic mass is 16.5. The lowest BCUT2D eigenvalue weighted by Gasteiger charge is -2.48. The molecule has 0 bridgehead atoms. The Morgan fingerprint density at radius 1 is 0.769 bits per heavy atom. The molecule has 2 aliphatic rings. The standard InChI is InChI=1S/C24H31NO/c1-4-11-21(12-5-1)20-26-23-14-10-13-22(19-23)24(15-6-2-7-16-24)25-17-8-3-9-18-25/h1,4-5,10-14,19H,2-3,6-9,15-18,20H2. The third-order valence-electron chi connectivity index (χ3n) is 6.26. The molecule has 0 radical (unpaired) electrons. The predicted octanol–water partition coefficient (Wildman–Crippen LogP) is 5.91. The summed E-state index contributed by atoms with van der Waals surface area (Å²) in [5, 5.41) is 0. The lowest BCUT2D eigenvalue weighted by molar-refractivity contribution is 0.0301. The minimum atomic E-state index is 0.241. The van der Waals surface area contributed by atoms with Crippen molar-refractivity contribution >= 4 is 0 Å². The summed E-state index contributed by atoms with van der Waals surface area (Å²) in [6.07, 6.45) is 10.8. The first kappa shape index (κ1) is 17.6. The average Bonchev–Trinajstić information content (AvgIpc) is 2.74. The Labute approximate surface area is 158 Å². The van der Waals surface area contributed by atoms with Crippen molar-refractivity contribution in [3.63, 3.8) is 0 Å². The molecule has 4 rings (SSSR count). The van der Waals surface area contributed by atoms with E-state index in [2.05, 4.69) is 59.5 Å². The van der Waals surface area contributed by atoms with Gasteiger partial charge >= 0.3 is 0 Å². The molecule has 1 saturated heterocycles. The third kappa shape index (κ3) is 3.81. The number of hydrogen-bond donors (Lipinski definition) is 0. The van der Waals surface area contributed by atoms with Gasteiger partial charge in [-0.25, -0.2) is 0 Å². The van der Waals surface area contributed by atoms with Crippen LogP contribution >= 0.6 is 0 Å². The second-order valence-corrected chi connectivity index (χ2v) is 7.94. The van der Waals surface area contributed by atoms with Crippen LogP contribution in [0.1, 0.15) is 62.5 Å². The summed E-state index contributed by atoms with van der Waals surface area (Å²) >= 11 is 0. The van der Waals surface area contributed by atoms with E-state index in [4.69, 9.17) is 4.74 Å². The predicted molar refractivity (Wildman–Crippen MR) is 107 cm³/mol. The Morgan fingerprint density at radius 2 is 1.50 bits per heavy atom. The van der Waals surface area contributed by atoms with Crippen LogP contribution in [-0.4, -0.2) is 18.0 Å². The van der Waals surface area contributed by atoms with E-state index in [0.717, 1.165) is 5.75 Å². The van der Waals surface area contributed by atoms with Crippen LogP contribution in [0.3, 0.4) is 0 Å². The fourth-order valence-corrected chi connectivity index (χ4v) is 4.86. The first-order valence-corrected chi connectivity index (χ1v) is 10.4. The van der Waals surface area contributed by atoms with Crippen molar-refractivity contribution in [2.45, 2.75) is 63.5 Å². The number of ether oxygens (including phenoxy) is 1. The molecular weight excluding hydrogens is 318 g/mol. The summed E-state index contributed by atoms with van der Waals surface area (Å²) in [6, 6.07) is 19.4. The van der Waals surface area contributed by atoms with Gasteiger partial charge in [-0.15, -0.1) is 0 Å². The Bertz CT molecular complexity index is 684. The highest BCUT2D eigenvalue weighted by molar-refractivity contribution is 5.34. The number of likely N-dealkylation sites (tertiary alicyclic amines) is 1. The highest BCUT2D eigenvalue weighted by Gasteiger charge is 2.39. The number of benzene rings is 2. The number of hydrogen-bond acceptors (Lipinski definition) is 2. The molecule has 1 aliphatic carbocycles. The van der Waals surface area contributed by atoms with Gasteiger partial charge in [-0.2, -0.15) is 0 Å². The largest absolute Gasteiger partial charge is 0.489 e. The van der Waals surface area contributed by atoms with Crippen LogP contribution < -0.4 is 4.74 Å². The van der Waals surface area contributed by atoms with Crippen molar-refractivity contribution in [2.24, 2.45) is 0 Å². The first-order valence-electron chi connectivity index (χ1n) is 10.4. The molecule has 0 atom stereocenters. The van der Waals surface area contributed by atoms with E-state index < -0.39 is 0 Å². The molecular formula is C24H31NO. The Hall–Kier alpha value is -1.80. The van der Waals surface area contributed by atoms with Crippen LogP contribution in [0.25, 0.3) is 0 Å². The minimum absolute atomic E-state index is 0.241. The van der Waals surface area contributed by atoms with Crippen molar-refractivity contribution in [3.8, 4) is 5.75 Å². The molecule has 1 saturated carbocycles. The van der Waals surface area contributed by atoms with Gasteiger partial charge in [-0.05, 0) is 62.0 Å². The van der Waals surface area contributed by atoms with Crippen LogP contribution in [0, 0.1) is 0 Å². The van der Waals surface area contributed by atoms with Gasteiger partial charge < -0.3 is 4.74 Å². The maximum Gasteiger partial charge on any atom is 0.120 e. The SMILES string of the molecule is c1ccc(COc2cccc(C3(N4CCCCC4)CCCCC3)c2)cc1. The van der Waals surface area contributed by atoms with Crippen molar-refractivity contribution in [2.75, 3.05) is 13.1 Å². The molecule has 2 aromatic rings. The van der Waals surface area contributed by atoms with Crippen LogP contribution in [0.5, 0.6) is 5.75 Å². The molecule has 0 aromatic heterocycles. The van der Waals surface area contributed by atoms with E-state index in [1.807, 2.05) is 0 Å². The molecule has 0 spiro atoms. The normalized spacial score (nSPS) is 20.6. The van der Waals surface area contributed by atoms with Gasteiger partial charge in [0.25, 0.3) is 0 Å². The van der Waals surface area contributed by atoms with E-state index in [0.29, 0.717) is 6.61 Å². The van der Waals surface area contributed by atoms with E-state index in [1.165, 1.54) is 75.6 Å².